The minimum absolute atomic E-state index is 0.0108. The number of ether oxygens (including phenoxy) is 2. The maximum atomic E-state index is 14.5. The number of carboxylic acid groups (broad SMARTS) is 1. The molecule has 338 valence electrons. The van der Waals surface area contributed by atoms with Crippen molar-refractivity contribution in [2.45, 2.75) is 172 Å². The Morgan fingerprint density at radius 2 is 1.21 bits per heavy atom. The number of aromatic carboxylic acids is 1. The summed E-state index contributed by atoms with van der Waals surface area (Å²) < 4.78 is 43.0. The standard InChI is InChI=1S/C48H73N5O7S/c1-3-5-7-9-11-13-15-16-18-20-22-28-37-60-43-32-25-23-30-41(43)51-47(54)45(52-39-40(38-49-52)48(55)56)46-50-42-31-24-26-33-44(42)61(57,58)53(46)34-29-36-59-35-27-21-19-17-14-12-10-8-6-4-2/h23-26,30-33,38-39,45H,3-22,27-29,34-37H2,1-2H3,(H,51,54)(H,55,56). The lowest BCUT2D eigenvalue weighted by Gasteiger charge is -2.33. The Morgan fingerprint density at radius 3 is 1.80 bits per heavy atom. The number of benzene rings is 2. The van der Waals surface area contributed by atoms with Gasteiger partial charge >= 0.3 is 5.97 Å². The molecule has 3 aromatic rings. The maximum absolute atomic E-state index is 14.5. The van der Waals surface area contributed by atoms with Gasteiger partial charge in [-0.05, 0) is 43.5 Å². The van der Waals surface area contributed by atoms with Crippen molar-refractivity contribution >= 4 is 39.1 Å². The zero-order valence-electron chi connectivity index (χ0n) is 37.0. The number of para-hydroxylation sites is 3. The normalized spacial score (nSPS) is 13.7. The lowest BCUT2D eigenvalue weighted by molar-refractivity contribution is -0.117. The molecule has 0 fully saturated rings. The fourth-order valence-electron chi connectivity index (χ4n) is 7.69. The fraction of sp³-hybridized carbons (Fsp3) is 0.625. The van der Waals surface area contributed by atoms with Crippen LogP contribution in [0.25, 0.3) is 0 Å². The average Bonchev–Trinajstić information content (AvgIpc) is 3.74. The number of unbranched alkanes of at least 4 members (excludes halogenated alkanes) is 20. The summed E-state index contributed by atoms with van der Waals surface area (Å²) in [4.78, 5) is 31.2. The van der Waals surface area contributed by atoms with Crippen LogP contribution in [0, 0.1) is 0 Å². The molecule has 1 amide bonds. The number of amides is 1. The third kappa shape index (κ3) is 16.9. The minimum Gasteiger partial charge on any atom is -0.491 e. The summed E-state index contributed by atoms with van der Waals surface area (Å²) in [6.45, 7) is 5.86. The number of aliphatic imine (C=N–C) groups is 1. The number of nitrogens with one attached hydrogen (secondary N) is 1. The van der Waals surface area contributed by atoms with Crippen molar-refractivity contribution in [2.24, 2.45) is 4.99 Å². The van der Waals surface area contributed by atoms with Gasteiger partial charge in [-0.2, -0.15) is 5.10 Å². The molecule has 1 aromatic heterocycles. The van der Waals surface area contributed by atoms with Crippen LogP contribution in [0.4, 0.5) is 11.4 Å². The molecule has 1 unspecified atom stereocenters. The van der Waals surface area contributed by atoms with E-state index in [0.29, 0.717) is 37.7 Å². The van der Waals surface area contributed by atoms with Crippen LogP contribution < -0.4 is 10.1 Å². The van der Waals surface area contributed by atoms with Crippen LogP contribution in [0.1, 0.15) is 178 Å². The number of sulfonamides is 1. The van der Waals surface area contributed by atoms with Gasteiger partial charge in [-0.15, -0.1) is 0 Å². The van der Waals surface area contributed by atoms with E-state index in [1.54, 1.807) is 36.4 Å². The molecule has 2 heterocycles. The van der Waals surface area contributed by atoms with Crippen molar-refractivity contribution < 1.29 is 32.6 Å². The van der Waals surface area contributed by atoms with Crippen molar-refractivity contribution in [2.75, 3.05) is 31.7 Å². The molecule has 4 rings (SSSR count). The third-order valence-corrected chi connectivity index (χ3v) is 13.1. The number of hydrogen-bond acceptors (Lipinski definition) is 8. The summed E-state index contributed by atoms with van der Waals surface area (Å²) in [6, 6.07) is 12.0. The molecule has 0 spiro atoms. The minimum atomic E-state index is -4.17. The Labute approximate surface area is 366 Å². The van der Waals surface area contributed by atoms with Crippen LogP contribution in [0.3, 0.4) is 0 Å². The van der Waals surface area contributed by atoms with E-state index in [1.807, 2.05) is 6.07 Å². The highest BCUT2D eigenvalue weighted by Gasteiger charge is 2.41. The van der Waals surface area contributed by atoms with Crippen molar-refractivity contribution in [3.05, 3.63) is 66.5 Å². The number of anilines is 1. The quantitative estimate of drug-likeness (QED) is 0.0563. The van der Waals surface area contributed by atoms with Crippen LogP contribution in [-0.2, 0) is 19.6 Å². The van der Waals surface area contributed by atoms with Gasteiger partial charge in [0.05, 0.1) is 29.7 Å². The van der Waals surface area contributed by atoms with Crippen LogP contribution >= 0.6 is 0 Å². The summed E-state index contributed by atoms with van der Waals surface area (Å²) in [5.74, 6) is -1.51. The van der Waals surface area contributed by atoms with Crippen molar-refractivity contribution in [3.63, 3.8) is 0 Å². The molecular weight excluding hydrogens is 791 g/mol. The Morgan fingerprint density at radius 1 is 0.689 bits per heavy atom. The van der Waals surface area contributed by atoms with Crippen molar-refractivity contribution in [3.8, 4) is 5.75 Å². The van der Waals surface area contributed by atoms with Crippen LogP contribution in [-0.4, -0.2) is 71.7 Å². The average molecular weight is 864 g/mol. The van der Waals surface area contributed by atoms with E-state index < -0.39 is 27.9 Å². The molecule has 1 aliphatic rings. The van der Waals surface area contributed by atoms with Gasteiger partial charge in [-0.25, -0.2) is 18.2 Å². The van der Waals surface area contributed by atoms with E-state index in [-0.39, 0.29) is 28.5 Å². The van der Waals surface area contributed by atoms with E-state index in [4.69, 9.17) is 14.5 Å². The van der Waals surface area contributed by atoms with Gasteiger partial charge < -0.3 is 19.9 Å². The molecule has 61 heavy (non-hydrogen) atoms. The number of hydrogen-bond donors (Lipinski definition) is 2. The van der Waals surface area contributed by atoms with Crippen LogP contribution in [0.2, 0.25) is 0 Å². The van der Waals surface area contributed by atoms with Crippen molar-refractivity contribution in [1.29, 1.82) is 0 Å². The second-order valence-corrected chi connectivity index (χ2v) is 18.1. The number of carbonyl (C=O) groups excluding carboxylic acids is 1. The molecule has 2 N–H and O–H groups in total. The smallest absolute Gasteiger partial charge is 0.338 e. The van der Waals surface area contributed by atoms with Gasteiger partial charge in [-0.3, -0.25) is 13.8 Å². The molecular formula is C48H73N5O7S. The van der Waals surface area contributed by atoms with Gasteiger partial charge in [0.25, 0.3) is 15.9 Å². The van der Waals surface area contributed by atoms with Gasteiger partial charge in [0.15, 0.2) is 11.9 Å². The Kier molecular flexibility index (Phi) is 23.0. The first-order chi connectivity index (χ1) is 29.8. The maximum Gasteiger partial charge on any atom is 0.338 e. The second kappa shape index (κ2) is 28.4. The number of aromatic nitrogens is 2. The zero-order valence-corrected chi connectivity index (χ0v) is 37.9. The third-order valence-electron chi connectivity index (χ3n) is 11.2. The summed E-state index contributed by atoms with van der Waals surface area (Å²) in [5, 5.41) is 16.9. The van der Waals surface area contributed by atoms with Crippen LogP contribution in [0.15, 0.2) is 70.8 Å². The number of amidine groups is 1. The molecule has 2 aromatic carbocycles. The van der Waals surface area contributed by atoms with Gasteiger partial charge in [0, 0.05) is 26.0 Å². The first kappa shape index (κ1) is 49.4. The molecule has 0 radical (unpaired) electrons. The van der Waals surface area contributed by atoms with E-state index in [9.17, 15) is 23.1 Å². The van der Waals surface area contributed by atoms with E-state index in [0.717, 1.165) is 47.3 Å². The predicted octanol–water partition coefficient (Wildman–Crippen LogP) is 11.9. The highest BCUT2D eigenvalue weighted by Crippen LogP contribution is 2.36. The summed E-state index contributed by atoms with van der Waals surface area (Å²) >= 11 is 0. The van der Waals surface area contributed by atoms with E-state index >= 15 is 0 Å². The highest BCUT2D eigenvalue weighted by molar-refractivity contribution is 7.90. The molecule has 0 saturated heterocycles. The molecule has 1 atom stereocenters. The SMILES string of the molecule is CCCCCCCCCCCCCCOc1ccccc1NC(=O)C(C1=Nc2ccccc2S(=O)(=O)N1CCCOCCCCCCCCCCCC)n1cc(C(=O)O)cn1. The Bertz CT molecular complexity index is 1860. The first-order valence-electron chi connectivity index (χ1n) is 23.4. The number of fused-ring (bicyclic) bond motifs is 1. The molecule has 13 heteroatoms. The van der Waals surface area contributed by atoms with E-state index in [1.165, 1.54) is 121 Å². The largest absolute Gasteiger partial charge is 0.491 e. The molecule has 0 aliphatic carbocycles. The second-order valence-electron chi connectivity index (χ2n) is 16.3. The number of nitrogens with zero attached hydrogens (tertiary/aromatic N) is 4. The Balaban J connectivity index is 1.39. The molecule has 12 nitrogen and oxygen atoms in total. The molecule has 0 bridgehead atoms. The number of carboxylic acids is 1. The van der Waals surface area contributed by atoms with E-state index in [2.05, 4.69) is 24.3 Å². The highest BCUT2D eigenvalue weighted by atomic mass is 32.2. The summed E-state index contributed by atoms with van der Waals surface area (Å²) in [6.07, 6.45) is 29.8. The molecule has 1 aliphatic heterocycles. The monoisotopic (exact) mass is 864 g/mol. The van der Waals surface area contributed by atoms with Gasteiger partial charge in [0.2, 0.25) is 0 Å². The van der Waals surface area contributed by atoms with Gasteiger partial charge in [0.1, 0.15) is 10.6 Å². The first-order valence-corrected chi connectivity index (χ1v) is 24.8. The predicted molar refractivity (Wildman–Crippen MR) is 245 cm³/mol. The van der Waals surface area contributed by atoms with Crippen molar-refractivity contribution in [1.82, 2.24) is 14.1 Å². The summed E-state index contributed by atoms with van der Waals surface area (Å²) in [7, 11) is -4.17. The topological polar surface area (TPSA) is 152 Å². The zero-order chi connectivity index (χ0) is 43.5. The lowest BCUT2D eigenvalue weighted by atomic mass is 10.1. The number of carbonyl (C=O) groups is 2. The summed E-state index contributed by atoms with van der Waals surface area (Å²) in [5.41, 5.74) is 0.421. The fourth-order valence-corrected chi connectivity index (χ4v) is 9.31. The lowest BCUT2D eigenvalue weighted by Crippen LogP contribution is -2.47. The molecule has 0 saturated carbocycles. The Hall–Kier alpha value is -4.23. The van der Waals surface area contributed by atoms with Gasteiger partial charge in [-0.1, -0.05) is 167 Å². The number of rotatable bonds is 34. The van der Waals surface area contributed by atoms with Crippen LogP contribution in [0.5, 0.6) is 5.75 Å².